The molecule has 0 radical (unpaired) electrons. The Kier molecular flexibility index (Phi) is 4.27. The lowest BCUT2D eigenvalue weighted by atomic mass is 9.84. The van der Waals surface area contributed by atoms with Crippen LogP contribution in [-0.4, -0.2) is 44.2 Å². The summed E-state index contributed by atoms with van der Waals surface area (Å²) in [5.41, 5.74) is 1.59. The summed E-state index contributed by atoms with van der Waals surface area (Å²) in [6.07, 6.45) is 1.87. The zero-order chi connectivity index (χ0) is 20.1. The Morgan fingerprint density at radius 2 is 2.17 bits per heavy atom. The Labute approximate surface area is 165 Å². The predicted molar refractivity (Wildman–Crippen MR) is 103 cm³/mol. The molecule has 0 amide bonds. The third-order valence-electron chi connectivity index (χ3n) is 5.87. The van der Waals surface area contributed by atoms with Gasteiger partial charge in [-0.1, -0.05) is 6.42 Å². The fraction of sp³-hybridized carbons (Fsp3) is 0.450. The quantitative estimate of drug-likeness (QED) is 0.695. The molecule has 2 bridgehead atoms. The lowest BCUT2D eigenvalue weighted by Gasteiger charge is -2.42. The van der Waals surface area contributed by atoms with Crippen LogP contribution < -0.4 is 15.8 Å². The Morgan fingerprint density at radius 3 is 2.97 bits per heavy atom. The zero-order valence-corrected chi connectivity index (χ0v) is 15.8. The summed E-state index contributed by atoms with van der Waals surface area (Å²) >= 11 is 0. The van der Waals surface area contributed by atoms with Crippen molar-refractivity contribution in [3.05, 3.63) is 34.8 Å². The number of benzene rings is 1. The number of nitrogens with zero attached hydrogens (tertiary/aromatic N) is 3. The van der Waals surface area contributed by atoms with Crippen molar-refractivity contribution in [2.45, 2.75) is 50.0 Å². The Morgan fingerprint density at radius 1 is 1.31 bits per heavy atom. The van der Waals surface area contributed by atoms with Crippen LogP contribution in [0, 0.1) is 0 Å². The molecular formula is C20H21FN4O4. The van der Waals surface area contributed by atoms with E-state index in [0.29, 0.717) is 28.8 Å². The van der Waals surface area contributed by atoms with E-state index in [1.807, 2.05) is 0 Å². The Hall–Kier alpha value is -2.94. The molecule has 4 heterocycles. The molecule has 2 unspecified atom stereocenters. The molecule has 0 saturated carbocycles. The first-order valence-corrected chi connectivity index (χ1v) is 9.73. The van der Waals surface area contributed by atoms with Gasteiger partial charge in [0, 0.05) is 43.2 Å². The second-order valence-corrected chi connectivity index (χ2v) is 7.76. The van der Waals surface area contributed by atoms with Crippen LogP contribution in [0.4, 0.5) is 4.39 Å². The number of phenolic OH excluding ortho intramolecular Hbond substituents is 1. The smallest absolute Gasteiger partial charge is 0.419 e. The normalized spacial score (nSPS) is 26.6. The van der Waals surface area contributed by atoms with E-state index in [2.05, 4.69) is 15.5 Å². The second-order valence-electron chi connectivity index (χ2n) is 7.76. The lowest BCUT2D eigenvalue weighted by molar-refractivity contribution is 0.00652. The van der Waals surface area contributed by atoms with Crippen molar-refractivity contribution < 1.29 is 18.7 Å². The highest BCUT2D eigenvalue weighted by atomic mass is 19.1. The minimum atomic E-state index is -1.08. The highest BCUT2D eigenvalue weighted by molar-refractivity contribution is 5.83. The summed E-state index contributed by atoms with van der Waals surface area (Å²) in [5, 5.41) is 21.8. The average Bonchev–Trinajstić information content (AvgIpc) is 3.00. The molecule has 3 aromatic rings. The number of ether oxygens (including phenoxy) is 1. The SMILES string of the molecule is Cn1c(=O)oc2cc(-c3ccc(O[C@H]4CC5CCCC(N5)[C@H]4F)nn3)c(O)cc21. The fourth-order valence-electron chi connectivity index (χ4n) is 4.32. The topological polar surface area (TPSA) is 102 Å². The van der Waals surface area contributed by atoms with Gasteiger partial charge in [0.1, 0.15) is 11.9 Å². The highest BCUT2D eigenvalue weighted by Crippen LogP contribution is 2.33. The zero-order valence-electron chi connectivity index (χ0n) is 15.8. The van der Waals surface area contributed by atoms with E-state index < -0.39 is 18.0 Å². The van der Waals surface area contributed by atoms with Gasteiger partial charge in [0.05, 0.1) is 11.2 Å². The summed E-state index contributed by atoms with van der Waals surface area (Å²) in [4.78, 5) is 11.7. The molecule has 9 heteroatoms. The van der Waals surface area contributed by atoms with E-state index in [1.54, 1.807) is 25.2 Å². The van der Waals surface area contributed by atoms with Crippen LogP contribution in [0.1, 0.15) is 25.7 Å². The van der Waals surface area contributed by atoms with E-state index in [1.165, 1.54) is 10.6 Å². The molecule has 2 fully saturated rings. The molecule has 8 nitrogen and oxygen atoms in total. The van der Waals surface area contributed by atoms with Crippen LogP contribution in [0.15, 0.2) is 33.5 Å². The van der Waals surface area contributed by atoms with E-state index in [-0.39, 0.29) is 23.7 Å². The first-order valence-electron chi connectivity index (χ1n) is 9.73. The number of piperidine rings is 2. The summed E-state index contributed by atoms with van der Waals surface area (Å²) < 4.78 is 27.0. The molecule has 4 atom stereocenters. The highest BCUT2D eigenvalue weighted by Gasteiger charge is 2.41. The number of halogens is 1. The fourth-order valence-corrected chi connectivity index (χ4v) is 4.32. The van der Waals surface area contributed by atoms with Gasteiger partial charge in [-0.2, -0.15) is 0 Å². The molecule has 2 N–H and O–H groups in total. The molecule has 0 aliphatic carbocycles. The van der Waals surface area contributed by atoms with Crippen LogP contribution in [0.2, 0.25) is 0 Å². The largest absolute Gasteiger partial charge is 0.507 e. The van der Waals surface area contributed by atoms with Gasteiger partial charge in [-0.25, -0.2) is 9.18 Å². The van der Waals surface area contributed by atoms with E-state index in [4.69, 9.17) is 9.15 Å². The number of oxazole rings is 1. The van der Waals surface area contributed by atoms with Crippen molar-refractivity contribution in [1.82, 2.24) is 20.1 Å². The van der Waals surface area contributed by atoms with Gasteiger partial charge in [0.25, 0.3) is 0 Å². The number of hydrogen-bond donors (Lipinski definition) is 2. The first kappa shape index (κ1) is 18.1. The van der Waals surface area contributed by atoms with E-state index in [9.17, 15) is 14.3 Å². The summed E-state index contributed by atoms with van der Waals surface area (Å²) in [6, 6.07) is 6.36. The molecule has 0 spiro atoms. The molecule has 2 aliphatic rings. The number of phenols is 1. The Balaban J connectivity index is 1.38. The standard InChI is InChI=1S/C20H21FN4O4/c1-25-14-9-15(26)11(8-16(14)29-20(25)27)12-5-6-18(24-23-12)28-17-7-10-3-2-4-13(22-10)19(17)21/h5-6,8-10,13,17,19,22,26H,2-4,7H2,1H3/t10?,13?,17-,19+/m0/s1. The van der Waals surface area contributed by atoms with E-state index >= 15 is 0 Å². The molecule has 5 rings (SSSR count). The number of hydrogen-bond acceptors (Lipinski definition) is 7. The van der Waals surface area contributed by atoms with Crippen LogP contribution >= 0.6 is 0 Å². The van der Waals surface area contributed by atoms with E-state index in [0.717, 1.165) is 19.3 Å². The van der Waals surface area contributed by atoms with Gasteiger partial charge in [-0.05, 0) is 25.0 Å². The van der Waals surface area contributed by atoms with Gasteiger partial charge in [0.15, 0.2) is 11.8 Å². The number of aromatic nitrogens is 3. The van der Waals surface area contributed by atoms with Gasteiger partial charge in [-0.3, -0.25) is 4.57 Å². The van der Waals surface area contributed by atoms with Gasteiger partial charge >= 0.3 is 5.76 Å². The molecule has 2 aliphatic heterocycles. The van der Waals surface area contributed by atoms with Gasteiger partial charge in [0.2, 0.25) is 5.88 Å². The maximum atomic E-state index is 14.7. The predicted octanol–water partition coefficient (Wildman–Crippen LogP) is 2.29. The van der Waals surface area contributed by atoms with Gasteiger partial charge < -0.3 is 19.6 Å². The third-order valence-corrected chi connectivity index (χ3v) is 5.87. The first-order chi connectivity index (χ1) is 14.0. The number of alkyl halides is 1. The minimum Gasteiger partial charge on any atom is -0.507 e. The van der Waals surface area contributed by atoms with Crippen LogP contribution in [0.5, 0.6) is 11.6 Å². The average molecular weight is 400 g/mol. The molecular weight excluding hydrogens is 379 g/mol. The summed E-state index contributed by atoms with van der Waals surface area (Å²) in [5.74, 6) is -0.320. The van der Waals surface area contributed by atoms with Crippen LogP contribution in [0.25, 0.3) is 22.4 Å². The molecule has 152 valence electrons. The molecule has 2 saturated heterocycles. The van der Waals surface area contributed by atoms with Gasteiger partial charge in [-0.15, -0.1) is 10.2 Å². The monoisotopic (exact) mass is 400 g/mol. The van der Waals surface area contributed by atoms with Crippen LogP contribution in [0.3, 0.4) is 0 Å². The summed E-state index contributed by atoms with van der Waals surface area (Å²) in [6.45, 7) is 0. The lowest BCUT2D eigenvalue weighted by Crippen LogP contribution is -2.59. The maximum Gasteiger partial charge on any atom is 0.419 e. The van der Waals surface area contributed by atoms with Crippen molar-refractivity contribution in [3.8, 4) is 22.9 Å². The van der Waals surface area contributed by atoms with Crippen molar-refractivity contribution in [2.75, 3.05) is 0 Å². The number of aryl methyl sites for hydroxylation is 1. The number of fused-ring (bicyclic) bond motifs is 3. The van der Waals surface area contributed by atoms with Crippen molar-refractivity contribution in [1.29, 1.82) is 0 Å². The molecule has 29 heavy (non-hydrogen) atoms. The molecule has 2 aromatic heterocycles. The number of rotatable bonds is 3. The third kappa shape index (κ3) is 3.15. The summed E-state index contributed by atoms with van der Waals surface area (Å²) in [7, 11) is 1.56. The van der Waals surface area contributed by atoms with Crippen molar-refractivity contribution in [2.24, 2.45) is 7.05 Å². The Bertz CT molecular complexity index is 1110. The number of nitrogens with one attached hydrogen (secondary N) is 1. The molecule has 1 aromatic carbocycles. The maximum absolute atomic E-state index is 14.7. The minimum absolute atomic E-state index is 0.0492. The van der Waals surface area contributed by atoms with Crippen molar-refractivity contribution >= 4 is 11.1 Å². The second kappa shape index (κ2) is 6.84. The van der Waals surface area contributed by atoms with Crippen LogP contribution in [-0.2, 0) is 7.05 Å². The van der Waals surface area contributed by atoms with Crippen molar-refractivity contribution in [3.63, 3.8) is 0 Å². The number of aromatic hydroxyl groups is 1.